The number of anilines is 2. The minimum atomic E-state index is -0.655. The van der Waals surface area contributed by atoms with E-state index in [1.165, 1.54) is 17.0 Å². The molecule has 110 valence electrons. The molecule has 0 spiro atoms. The van der Waals surface area contributed by atoms with Gasteiger partial charge in [-0.15, -0.1) is 0 Å². The lowest BCUT2D eigenvalue weighted by atomic mass is 9.94. The van der Waals surface area contributed by atoms with E-state index in [4.69, 9.17) is 0 Å². The minimum absolute atomic E-state index is 0.209. The molecule has 2 aromatic rings. The van der Waals surface area contributed by atoms with Gasteiger partial charge in [0.15, 0.2) is 0 Å². The van der Waals surface area contributed by atoms with E-state index in [1.54, 1.807) is 45.0 Å². The third kappa shape index (κ3) is 3.64. The van der Waals surface area contributed by atoms with Crippen molar-refractivity contribution < 1.29 is 9.18 Å². The second-order valence-electron chi connectivity index (χ2n) is 5.53. The Hall–Kier alpha value is -1.82. The van der Waals surface area contributed by atoms with Crippen LogP contribution in [0.2, 0.25) is 0 Å². The number of hydrogen-bond acceptors (Lipinski definition) is 3. The zero-order valence-electron chi connectivity index (χ0n) is 12.0. The molecule has 0 radical (unpaired) electrons. The summed E-state index contributed by atoms with van der Waals surface area (Å²) in [7, 11) is 0. The maximum atomic E-state index is 13.4. The Balaban J connectivity index is 2.57. The first-order valence-corrected chi connectivity index (χ1v) is 7.18. The molecule has 4 nitrogen and oxygen atoms in total. The molecular formula is C15H15BrFN3O. The van der Waals surface area contributed by atoms with Gasteiger partial charge in [-0.2, -0.15) is 4.39 Å². The van der Waals surface area contributed by atoms with Crippen LogP contribution in [0, 0.1) is 11.4 Å². The maximum Gasteiger partial charge on any atom is 0.239 e. The molecule has 0 aromatic carbocycles. The molecule has 1 amide bonds. The first kappa shape index (κ1) is 15.6. The highest BCUT2D eigenvalue weighted by atomic mass is 79.9. The summed E-state index contributed by atoms with van der Waals surface area (Å²) in [6.45, 7) is 5.37. The second kappa shape index (κ2) is 5.89. The van der Waals surface area contributed by atoms with Gasteiger partial charge in [0.2, 0.25) is 11.9 Å². The van der Waals surface area contributed by atoms with E-state index in [-0.39, 0.29) is 11.7 Å². The summed E-state index contributed by atoms with van der Waals surface area (Å²) >= 11 is 3.27. The number of nitrogens with zero attached hydrogens (tertiary/aromatic N) is 3. The van der Waals surface area contributed by atoms with Gasteiger partial charge in [0.05, 0.1) is 0 Å². The monoisotopic (exact) mass is 351 g/mol. The van der Waals surface area contributed by atoms with Crippen molar-refractivity contribution in [2.45, 2.75) is 20.8 Å². The summed E-state index contributed by atoms with van der Waals surface area (Å²) in [5.74, 6) is -0.261. The van der Waals surface area contributed by atoms with E-state index >= 15 is 0 Å². The summed E-state index contributed by atoms with van der Waals surface area (Å²) in [5.41, 5.74) is -0.655. The largest absolute Gasteiger partial charge is 0.273 e. The van der Waals surface area contributed by atoms with Gasteiger partial charge in [-0.1, -0.05) is 32.9 Å². The number of rotatable bonds is 2. The van der Waals surface area contributed by atoms with Gasteiger partial charge in [-0.25, -0.2) is 14.9 Å². The van der Waals surface area contributed by atoms with Gasteiger partial charge in [0, 0.05) is 5.41 Å². The Morgan fingerprint density at radius 2 is 1.67 bits per heavy atom. The normalized spacial score (nSPS) is 11.3. The van der Waals surface area contributed by atoms with Crippen molar-refractivity contribution in [2.75, 3.05) is 4.90 Å². The van der Waals surface area contributed by atoms with E-state index in [0.29, 0.717) is 10.4 Å². The van der Waals surface area contributed by atoms with Gasteiger partial charge in [-0.05, 0) is 40.2 Å². The van der Waals surface area contributed by atoms with E-state index in [2.05, 4.69) is 25.9 Å². The molecule has 0 aliphatic rings. The van der Waals surface area contributed by atoms with Crippen molar-refractivity contribution >= 4 is 33.5 Å². The fourth-order valence-electron chi connectivity index (χ4n) is 1.71. The molecule has 2 aromatic heterocycles. The van der Waals surface area contributed by atoms with Crippen LogP contribution in [0.3, 0.4) is 0 Å². The zero-order valence-corrected chi connectivity index (χ0v) is 13.6. The van der Waals surface area contributed by atoms with Gasteiger partial charge >= 0.3 is 0 Å². The van der Waals surface area contributed by atoms with Crippen molar-refractivity contribution in [1.29, 1.82) is 0 Å². The fourth-order valence-corrected chi connectivity index (χ4v) is 2.04. The second-order valence-corrected chi connectivity index (χ2v) is 6.34. The van der Waals surface area contributed by atoms with Crippen LogP contribution in [0.5, 0.6) is 0 Å². The number of aromatic nitrogens is 2. The Kier molecular flexibility index (Phi) is 4.37. The fraction of sp³-hybridized carbons (Fsp3) is 0.267. The number of hydrogen-bond donors (Lipinski definition) is 0. The molecule has 0 unspecified atom stereocenters. The summed E-state index contributed by atoms with van der Waals surface area (Å²) < 4.78 is 14.0. The number of halogens is 2. The number of amides is 1. The molecule has 0 bridgehead atoms. The molecule has 0 aliphatic heterocycles. The third-order valence-electron chi connectivity index (χ3n) is 2.70. The Morgan fingerprint density at radius 3 is 2.19 bits per heavy atom. The van der Waals surface area contributed by atoms with Crippen LogP contribution in [0.4, 0.5) is 16.0 Å². The van der Waals surface area contributed by atoms with Crippen LogP contribution in [-0.2, 0) is 4.79 Å². The van der Waals surface area contributed by atoms with Crippen molar-refractivity contribution in [3.8, 4) is 0 Å². The van der Waals surface area contributed by atoms with Crippen molar-refractivity contribution in [3.05, 3.63) is 46.9 Å². The molecular weight excluding hydrogens is 337 g/mol. The lowest BCUT2D eigenvalue weighted by Crippen LogP contribution is -2.37. The van der Waals surface area contributed by atoms with Crippen molar-refractivity contribution in [2.24, 2.45) is 5.41 Å². The predicted molar refractivity (Wildman–Crippen MR) is 82.7 cm³/mol. The average molecular weight is 352 g/mol. The molecule has 2 heterocycles. The van der Waals surface area contributed by atoms with E-state index < -0.39 is 11.4 Å². The van der Waals surface area contributed by atoms with E-state index in [0.717, 1.165) is 0 Å². The Labute approximate surface area is 131 Å². The van der Waals surface area contributed by atoms with Crippen molar-refractivity contribution in [3.63, 3.8) is 0 Å². The quantitative estimate of drug-likeness (QED) is 0.765. The minimum Gasteiger partial charge on any atom is -0.273 e. The van der Waals surface area contributed by atoms with Crippen LogP contribution in [0.15, 0.2) is 41.0 Å². The van der Waals surface area contributed by atoms with Gasteiger partial charge in [0.25, 0.3) is 0 Å². The summed E-state index contributed by atoms with van der Waals surface area (Å²) in [4.78, 5) is 22.1. The molecule has 0 N–H and O–H groups in total. The SMILES string of the molecule is CC(C)(C)C(=O)N(c1cccc(F)n1)c1cccc(Br)n1. The van der Waals surface area contributed by atoms with Gasteiger partial charge < -0.3 is 0 Å². The number of carbonyl (C=O) groups excluding carboxylic acids is 1. The summed E-state index contributed by atoms with van der Waals surface area (Å²) in [6, 6.07) is 9.52. The molecule has 0 aliphatic carbocycles. The maximum absolute atomic E-state index is 13.4. The highest BCUT2D eigenvalue weighted by Crippen LogP contribution is 2.29. The first-order chi connectivity index (χ1) is 9.79. The van der Waals surface area contributed by atoms with Gasteiger partial charge in [-0.3, -0.25) is 4.79 Å². The highest BCUT2D eigenvalue weighted by molar-refractivity contribution is 9.10. The molecule has 0 fully saturated rings. The smallest absolute Gasteiger partial charge is 0.239 e. The van der Waals surface area contributed by atoms with Crippen LogP contribution in [0.25, 0.3) is 0 Å². The van der Waals surface area contributed by atoms with Crippen molar-refractivity contribution in [1.82, 2.24) is 9.97 Å². The lowest BCUT2D eigenvalue weighted by Gasteiger charge is -2.28. The van der Waals surface area contributed by atoms with Gasteiger partial charge in [0.1, 0.15) is 16.2 Å². The average Bonchev–Trinajstić information content (AvgIpc) is 2.38. The van der Waals surface area contributed by atoms with E-state index in [9.17, 15) is 9.18 Å². The first-order valence-electron chi connectivity index (χ1n) is 6.39. The third-order valence-corrected chi connectivity index (χ3v) is 3.15. The molecule has 0 saturated carbocycles. The van der Waals surface area contributed by atoms with Crippen LogP contribution in [-0.4, -0.2) is 15.9 Å². The summed E-state index contributed by atoms with van der Waals surface area (Å²) in [5, 5.41) is 0. The number of carbonyl (C=O) groups is 1. The molecule has 2 rings (SSSR count). The Bertz CT molecular complexity index is 624. The van der Waals surface area contributed by atoms with E-state index in [1.807, 2.05) is 0 Å². The highest BCUT2D eigenvalue weighted by Gasteiger charge is 2.31. The number of pyridine rings is 2. The predicted octanol–water partition coefficient (Wildman–Crippen LogP) is 4.09. The molecule has 6 heteroatoms. The van der Waals surface area contributed by atoms with Crippen LogP contribution >= 0.6 is 15.9 Å². The molecule has 0 atom stereocenters. The Morgan fingerprint density at radius 1 is 1.10 bits per heavy atom. The lowest BCUT2D eigenvalue weighted by molar-refractivity contribution is -0.125. The zero-order chi connectivity index (χ0) is 15.6. The van der Waals surface area contributed by atoms with Crippen LogP contribution < -0.4 is 4.90 Å². The van der Waals surface area contributed by atoms with Crippen LogP contribution in [0.1, 0.15) is 20.8 Å². The molecule has 21 heavy (non-hydrogen) atoms. The summed E-state index contributed by atoms with van der Waals surface area (Å²) in [6.07, 6.45) is 0. The molecule has 0 saturated heterocycles. The topological polar surface area (TPSA) is 46.1 Å². The standard InChI is InChI=1S/C15H15BrFN3O/c1-15(2,3)14(21)20(12-8-4-6-10(16)18-12)13-9-5-7-11(17)19-13/h4-9H,1-3H3.